The fourth-order valence-corrected chi connectivity index (χ4v) is 7.61. The van der Waals surface area contributed by atoms with Crippen LogP contribution in [0.4, 0.5) is 0 Å². The number of likely N-dealkylation sites (tertiary alicyclic amines) is 1. The number of carbonyl (C=O) groups excluding carboxylic acids is 3. The van der Waals surface area contributed by atoms with Crippen LogP contribution in [0.5, 0.6) is 0 Å². The van der Waals surface area contributed by atoms with Gasteiger partial charge in [0.15, 0.2) is 0 Å². The number of nitrogens with zero attached hydrogens (tertiary/aromatic N) is 2. The minimum absolute atomic E-state index is 0.0294. The molecule has 0 aromatic rings. The van der Waals surface area contributed by atoms with Gasteiger partial charge in [-0.2, -0.15) is 0 Å². The van der Waals surface area contributed by atoms with E-state index in [1.165, 1.54) is 16.7 Å². The molecule has 4 rings (SSSR count). The molecule has 8 heteroatoms. The first-order chi connectivity index (χ1) is 14.2. The highest BCUT2D eigenvalue weighted by atomic mass is 32.2. The molecule has 30 heavy (non-hydrogen) atoms. The predicted octanol–water partition coefficient (Wildman–Crippen LogP) is 1.36. The predicted molar refractivity (Wildman–Crippen MR) is 114 cm³/mol. The lowest BCUT2D eigenvalue weighted by Gasteiger charge is -2.39. The van der Waals surface area contributed by atoms with Crippen LogP contribution in [-0.4, -0.2) is 80.1 Å². The number of amides is 2. The maximum Gasteiger partial charge on any atom is 0.311 e. The van der Waals surface area contributed by atoms with E-state index in [-0.39, 0.29) is 37.0 Å². The second-order valence-corrected chi connectivity index (χ2v) is 10.9. The molecule has 4 heterocycles. The SMILES string of the molecule is CC(C)N1CC=C[C@]23S[C@@]4(C)C=CCCOC(=O)[C@H]4[C@H]2C(=O)N([C@H](C)CO)C3C1=O. The van der Waals surface area contributed by atoms with Gasteiger partial charge in [-0.3, -0.25) is 14.4 Å². The van der Waals surface area contributed by atoms with Gasteiger partial charge in [0.2, 0.25) is 11.8 Å². The summed E-state index contributed by atoms with van der Waals surface area (Å²) in [6.45, 7) is 8.11. The smallest absolute Gasteiger partial charge is 0.311 e. The second kappa shape index (κ2) is 7.41. The Morgan fingerprint density at radius 3 is 2.57 bits per heavy atom. The molecule has 7 nitrogen and oxygen atoms in total. The number of cyclic esters (lactones) is 1. The van der Waals surface area contributed by atoms with Crippen molar-refractivity contribution in [2.24, 2.45) is 11.8 Å². The summed E-state index contributed by atoms with van der Waals surface area (Å²) in [5, 5.41) is 9.87. The Morgan fingerprint density at radius 1 is 1.17 bits per heavy atom. The summed E-state index contributed by atoms with van der Waals surface area (Å²) >= 11 is 1.53. The summed E-state index contributed by atoms with van der Waals surface area (Å²) < 4.78 is 3.96. The van der Waals surface area contributed by atoms with Crippen LogP contribution < -0.4 is 0 Å². The van der Waals surface area contributed by atoms with Crippen LogP contribution in [0.15, 0.2) is 24.3 Å². The summed E-state index contributed by atoms with van der Waals surface area (Å²) in [5.41, 5.74) is 0. The first-order valence-corrected chi connectivity index (χ1v) is 11.5. The molecule has 0 aromatic heterocycles. The van der Waals surface area contributed by atoms with Gasteiger partial charge in [0.1, 0.15) is 6.04 Å². The first-order valence-electron chi connectivity index (χ1n) is 10.6. The molecule has 164 valence electrons. The van der Waals surface area contributed by atoms with Gasteiger partial charge in [0, 0.05) is 17.3 Å². The zero-order valence-corrected chi connectivity index (χ0v) is 18.7. The van der Waals surface area contributed by atoms with Crippen LogP contribution >= 0.6 is 11.8 Å². The van der Waals surface area contributed by atoms with E-state index in [0.717, 1.165) is 0 Å². The third-order valence-corrected chi connectivity index (χ3v) is 8.65. The summed E-state index contributed by atoms with van der Waals surface area (Å²) in [4.78, 5) is 43.9. The van der Waals surface area contributed by atoms with Crippen LogP contribution in [-0.2, 0) is 19.1 Å². The Hall–Kier alpha value is -1.80. The van der Waals surface area contributed by atoms with Crippen molar-refractivity contribution in [1.82, 2.24) is 9.80 Å². The Morgan fingerprint density at radius 2 is 1.90 bits per heavy atom. The van der Waals surface area contributed by atoms with E-state index in [1.807, 2.05) is 45.1 Å². The van der Waals surface area contributed by atoms with Gasteiger partial charge in [-0.05, 0) is 34.1 Å². The molecule has 6 atom stereocenters. The van der Waals surface area contributed by atoms with Gasteiger partial charge in [0.05, 0.1) is 35.8 Å². The third-order valence-electron chi connectivity index (χ3n) is 6.85. The summed E-state index contributed by atoms with van der Waals surface area (Å²) in [7, 11) is 0. The van der Waals surface area contributed by atoms with Crippen LogP contribution in [0.3, 0.4) is 0 Å². The van der Waals surface area contributed by atoms with Crippen molar-refractivity contribution in [3.8, 4) is 0 Å². The molecule has 0 radical (unpaired) electrons. The quantitative estimate of drug-likeness (QED) is 0.533. The van der Waals surface area contributed by atoms with E-state index in [2.05, 4.69) is 0 Å². The largest absolute Gasteiger partial charge is 0.465 e. The monoisotopic (exact) mass is 434 g/mol. The normalized spacial score (nSPS) is 39.3. The molecule has 0 aromatic carbocycles. The lowest BCUT2D eigenvalue weighted by atomic mass is 9.74. The number of hydrogen-bond acceptors (Lipinski definition) is 6. The fraction of sp³-hybridized carbons (Fsp3) is 0.682. The van der Waals surface area contributed by atoms with E-state index in [0.29, 0.717) is 13.0 Å². The number of ether oxygens (including phenoxy) is 1. The maximum absolute atomic E-state index is 13.8. The summed E-state index contributed by atoms with van der Waals surface area (Å²) in [5.74, 6) is -2.17. The molecule has 0 bridgehead atoms. The van der Waals surface area contributed by atoms with Gasteiger partial charge in [0.25, 0.3) is 0 Å². The Bertz CT molecular complexity index is 826. The number of carbonyl (C=O) groups is 3. The van der Waals surface area contributed by atoms with E-state index < -0.39 is 33.4 Å². The molecule has 1 spiro atoms. The zero-order valence-electron chi connectivity index (χ0n) is 17.9. The minimum atomic E-state index is -0.881. The minimum Gasteiger partial charge on any atom is -0.465 e. The molecule has 2 saturated heterocycles. The molecular weight excluding hydrogens is 404 g/mol. The highest BCUT2D eigenvalue weighted by molar-refractivity contribution is 8.02. The van der Waals surface area contributed by atoms with Crippen LogP contribution in [0.2, 0.25) is 0 Å². The Labute approximate surface area is 181 Å². The molecule has 4 aliphatic rings. The number of thioether (sulfide) groups is 1. The highest BCUT2D eigenvalue weighted by Crippen LogP contribution is 2.65. The number of esters is 1. The number of aliphatic hydroxyl groups is 1. The number of rotatable bonds is 3. The Balaban J connectivity index is 1.91. The topological polar surface area (TPSA) is 87.2 Å². The zero-order chi connectivity index (χ0) is 21.8. The molecule has 1 N–H and O–H groups in total. The highest BCUT2D eigenvalue weighted by Gasteiger charge is 2.74. The van der Waals surface area contributed by atoms with Crippen LogP contribution in [0, 0.1) is 11.8 Å². The van der Waals surface area contributed by atoms with Crippen molar-refractivity contribution >= 4 is 29.5 Å². The summed E-state index contributed by atoms with van der Waals surface area (Å²) in [6, 6.07) is -1.32. The second-order valence-electron chi connectivity index (χ2n) is 9.12. The first kappa shape index (κ1) is 21.4. The van der Waals surface area contributed by atoms with Crippen LogP contribution in [0.25, 0.3) is 0 Å². The number of aliphatic hydroxyl groups excluding tert-OH is 1. The van der Waals surface area contributed by atoms with E-state index in [1.54, 1.807) is 11.8 Å². The average molecular weight is 435 g/mol. The van der Waals surface area contributed by atoms with Crippen LogP contribution in [0.1, 0.15) is 34.1 Å². The van der Waals surface area contributed by atoms with Gasteiger partial charge in [-0.15, -0.1) is 11.8 Å². The maximum atomic E-state index is 13.8. The standard InChI is InChI=1S/C22H30N2O5S/c1-13(2)23-10-7-9-22-15(18(26)24(14(3)12-25)17(22)19(23)27)16-20(28)29-11-6-5-8-21(16,4)30-22/h5,7-9,13-17,25H,6,10-12H2,1-4H3/t14-,15+,16-,17?,21+,22+/m1/s1. The Kier molecular flexibility index (Phi) is 5.29. The molecule has 4 aliphatic heterocycles. The molecule has 0 aliphatic carbocycles. The summed E-state index contributed by atoms with van der Waals surface area (Å²) in [6.07, 6.45) is 8.58. The molecule has 2 amide bonds. The van der Waals surface area contributed by atoms with Crippen molar-refractivity contribution in [2.75, 3.05) is 19.8 Å². The molecule has 2 fully saturated rings. The molecule has 1 unspecified atom stereocenters. The average Bonchev–Trinajstić information content (AvgIpc) is 3.00. The van der Waals surface area contributed by atoms with Crippen molar-refractivity contribution in [2.45, 2.75) is 61.7 Å². The van der Waals surface area contributed by atoms with Crippen molar-refractivity contribution in [3.63, 3.8) is 0 Å². The lowest BCUT2D eigenvalue weighted by molar-refractivity contribution is -0.154. The van der Waals surface area contributed by atoms with Crippen molar-refractivity contribution < 1.29 is 24.2 Å². The van der Waals surface area contributed by atoms with Gasteiger partial charge in [-0.1, -0.05) is 24.3 Å². The van der Waals surface area contributed by atoms with Crippen molar-refractivity contribution in [1.29, 1.82) is 0 Å². The van der Waals surface area contributed by atoms with E-state index in [9.17, 15) is 19.5 Å². The van der Waals surface area contributed by atoms with E-state index >= 15 is 0 Å². The van der Waals surface area contributed by atoms with Gasteiger partial charge >= 0.3 is 5.97 Å². The molecular formula is C22H30N2O5S. The van der Waals surface area contributed by atoms with Gasteiger partial charge in [-0.25, -0.2) is 0 Å². The number of hydrogen-bond donors (Lipinski definition) is 1. The fourth-order valence-electron chi connectivity index (χ4n) is 5.47. The number of fused-ring (bicyclic) bond motifs is 2. The third kappa shape index (κ3) is 2.87. The van der Waals surface area contributed by atoms with E-state index in [4.69, 9.17) is 4.74 Å². The van der Waals surface area contributed by atoms with Crippen molar-refractivity contribution in [3.05, 3.63) is 24.3 Å². The lowest BCUT2D eigenvalue weighted by Crippen LogP contribution is -2.57. The van der Waals surface area contributed by atoms with Gasteiger partial charge < -0.3 is 19.6 Å². The molecule has 0 saturated carbocycles.